The highest BCUT2D eigenvalue weighted by atomic mass is 16.6. The number of cyclic esters (lactones) is 1. The molecule has 0 fully saturated rings. The fraction of sp³-hybridized carbons (Fsp3) is 0.150. The van der Waals surface area contributed by atoms with Gasteiger partial charge in [-0.1, -0.05) is 23.8 Å². The second kappa shape index (κ2) is 6.36. The second-order valence-corrected chi connectivity index (χ2v) is 6.11. The lowest BCUT2D eigenvalue weighted by Crippen LogP contribution is -1.98. The first-order valence-corrected chi connectivity index (χ1v) is 7.83. The predicted molar refractivity (Wildman–Crippen MR) is 95.8 cm³/mol. The van der Waals surface area contributed by atoms with Crippen molar-refractivity contribution < 1.29 is 14.5 Å². The Morgan fingerprint density at radius 3 is 2.48 bits per heavy atom. The number of rotatable bonds is 3. The van der Waals surface area contributed by atoms with Gasteiger partial charge in [-0.2, -0.15) is 0 Å². The lowest BCUT2D eigenvalue weighted by atomic mass is 10.0. The first-order chi connectivity index (χ1) is 11.8. The number of hydrogen-bond donors (Lipinski definition) is 0. The summed E-state index contributed by atoms with van der Waals surface area (Å²) in [6, 6.07) is 10.5. The highest BCUT2D eigenvalue weighted by molar-refractivity contribution is 6.05. The van der Waals surface area contributed by atoms with Crippen LogP contribution in [0.4, 0.5) is 5.69 Å². The van der Waals surface area contributed by atoms with Crippen molar-refractivity contribution in [1.29, 1.82) is 0 Å². The molecule has 0 spiro atoms. The molecular formula is C20H17NO4. The highest BCUT2D eigenvalue weighted by Crippen LogP contribution is 2.30. The van der Waals surface area contributed by atoms with Gasteiger partial charge in [0, 0.05) is 17.7 Å². The van der Waals surface area contributed by atoms with Gasteiger partial charge in [0.05, 0.1) is 10.5 Å². The van der Waals surface area contributed by atoms with Crippen LogP contribution in [-0.4, -0.2) is 10.9 Å². The molecule has 1 aliphatic rings. The number of nitro benzene ring substituents is 1. The largest absolute Gasteiger partial charge is 0.422 e. The van der Waals surface area contributed by atoms with Gasteiger partial charge in [0.25, 0.3) is 5.69 Å². The zero-order chi connectivity index (χ0) is 18.1. The molecule has 3 rings (SSSR count). The van der Waals surface area contributed by atoms with Crippen LogP contribution in [0.5, 0.6) is 0 Å². The summed E-state index contributed by atoms with van der Waals surface area (Å²) >= 11 is 0. The summed E-state index contributed by atoms with van der Waals surface area (Å²) in [4.78, 5) is 22.7. The van der Waals surface area contributed by atoms with E-state index in [0.29, 0.717) is 16.9 Å². The third-order valence-electron chi connectivity index (χ3n) is 4.17. The molecule has 0 unspecified atom stereocenters. The van der Waals surface area contributed by atoms with E-state index in [-0.39, 0.29) is 5.69 Å². The lowest BCUT2D eigenvalue weighted by molar-refractivity contribution is -0.384. The van der Waals surface area contributed by atoms with Crippen molar-refractivity contribution in [3.63, 3.8) is 0 Å². The molecule has 0 saturated carbocycles. The van der Waals surface area contributed by atoms with Crippen LogP contribution in [0.3, 0.4) is 0 Å². The zero-order valence-corrected chi connectivity index (χ0v) is 14.2. The second-order valence-electron chi connectivity index (χ2n) is 6.11. The first kappa shape index (κ1) is 16.6. The molecule has 5 heteroatoms. The fourth-order valence-electron chi connectivity index (χ4n) is 2.69. The number of ether oxygens (including phenoxy) is 1. The number of non-ortho nitro benzene ring substituents is 1. The van der Waals surface area contributed by atoms with Crippen LogP contribution in [0, 0.1) is 30.9 Å². The average Bonchev–Trinajstić information content (AvgIpc) is 2.92. The molecule has 0 radical (unpaired) electrons. The molecular weight excluding hydrogens is 318 g/mol. The number of esters is 1. The molecule has 2 aromatic rings. The van der Waals surface area contributed by atoms with Crippen LogP contribution in [0.15, 0.2) is 48.0 Å². The maximum absolute atomic E-state index is 12.2. The van der Waals surface area contributed by atoms with Gasteiger partial charge in [0.1, 0.15) is 5.76 Å². The van der Waals surface area contributed by atoms with Crippen molar-refractivity contribution in [3.8, 4) is 0 Å². The number of nitrogens with zero attached hydrogens (tertiary/aromatic N) is 1. The van der Waals surface area contributed by atoms with Crippen LogP contribution < -0.4 is 0 Å². The minimum absolute atomic E-state index is 0.0115. The number of hydrogen-bond acceptors (Lipinski definition) is 4. The van der Waals surface area contributed by atoms with E-state index in [1.165, 1.54) is 12.1 Å². The Kier molecular flexibility index (Phi) is 4.23. The Morgan fingerprint density at radius 1 is 1.04 bits per heavy atom. The van der Waals surface area contributed by atoms with Crippen molar-refractivity contribution in [2.24, 2.45) is 0 Å². The molecule has 0 aromatic heterocycles. The summed E-state index contributed by atoms with van der Waals surface area (Å²) in [7, 11) is 0. The average molecular weight is 335 g/mol. The summed E-state index contributed by atoms with van der Waals surface area (Å²) < 4.78 is 5.41. The van der Waals surface area contributed by atoms with E-state index in [0.717, 1.165) is 22.3 Å². The molecule has 1 aliphatic heterocycles. The van der Waals surface area contributed by atoms with Gasteiger partial charge in [-0.05, 0) is 55.7 Å². The Labute approximate surface area is 145 Å². The molecule has 126 valence electrons. The zero-order valence-electron chi connectivity index (χ0n) is 14.2. The lowest BCUT2D eigenvalue weighted by Gasteiger charge is -2.06. The minimum atomic E-state index is -0.457. The number of nitro groups is 1. The first-order valence-electron chi connectivity index (χ1n) is 7.83. The van der Waals surface area contributed by atoms with Gasteiger partial charge in [0.2, 0.25) is 0 Å². The molecule has 25 heavy (non-hydrogen) atoms. The standard InChI is InChI=1S/C20H17NO4/c1-12-4-5-14(3)18(8-12)19-11-16(20(22)25-19)9-15-10-17(21(23)24)7-6-13(15)2/h4-11H,1-3H3/b16-9-. The van der Waals surface area contributed by atoms with Gasteiger partial charge in [0.15, 0.2) is 0 Å². The summed E-state index contributed by atoms with van der Waals surface area (Å²) in [5.74, 6) is 0.0438. The van der Waals surface area contributed by atoms with Gasteiger partial charge in [-0.25, -0.2) is 4.79 Å². The molecule has 0 saturated heterocycles. The minimum Gasteiger partial charge on any atom is -0.422 e. The number of carbonyl (C=O) groups is 1. The summed E-state index contributed by atoms with van der Waals surface area (Å²) in [5, 5.41) is 11.0. The molecule has 5 nitrogen and oxygen atoms in total. The quantitative estimate of drug-likeness (QED) is 0.358. The topological polar surface area (TPSA) is 69.4 Å². The summed E-state index contributed by atoms with van der Waals surface area (Å²) in [5.41, 5.74) is 4.79. The molecule has 0 aliphatic carbocycles. The highest BCUT2D eigenvalue weighted by Gasteiger charge is 2.23. The van der Waals surface area contributed by atoms with E-state index in [1.54, 1.807) is 18.2 Å². The number of aryl methyl sites for hydroxylation is 3. The molecule has 0 amide bonds. The maximum Gasteiger partial charge on any atom is 0.343 e. The van der Waals surface area contributed by atoms with Crippen LogP contribution in [0.1, 0.15) is 27.8 Å². The monoisotopic (exact) mass is 335 g/mol. The predicted octanol–water partition coefficient (Wildman–Crippen LogP) is 4.50. The van der Waals surface area contributed by atoms with E-state index in [1.807, 2.05) is 39.0 Å². The Hall–Kier alpha value is -3.21. The Bertz CT molecular complexity index is 954. The van der Waals surface area contributed by atoms with E-state index in [2.05, 4.69) is 0 Å². The van der Waals surface area contributed by atoms with Crippen molar-refractivity contribution >= 4 is 23.5 Å². The fourth-order valence-corrected chi connectivity index (χ4v) is 2.69. The van der Waals surface area contributed by atoms with Crippen LogP contribution in [0.2, 0.25) is 0 Å². The normalized spacial score (nSPS) is 15.2. The van der Waals surface area contributed by atoms with E-state index in [9.17, 15) is 14.9 Å². The Balaban J connectivity index is 2.03. The molecule has 1 heterocycles. The number of carbonyl (C=O) groups excluding carboxylic acids is 1. The van der Waals surface area contributed by atoms with Gasteiger partial charge in [-0.15, -0.1) is 0 Å². The maximum atomic E-state index is 12.2. The van der Waals surface area contributed by atoms with E-state index in [4.69, 9.17) is 4.74 Å². The third kappa shape index (κ3) is 3.35. The van der Waals surface area contributed by atoms with Crippen molar-refractivity contribution in [1.82, 2.24) is 0 Å². The van der Waals surface area contributed by atoms with Crippen LogP contribution in [-0.2, 0) is 9.53 Å². The SMILES string of the molecule is Cc1ccc(C)c(C2=C/C(=C/c3cc([N+](=O)[O-])ccc3C)C(=O)O2)c1. The molecule has 0 bridgehead atoms. The molecule has 0 atom stereocenters. The van der Waals surface area contributed by atoms with Gasteiger partial charge in [-0.3, -0.25) is 10.1 Å². The smallest absolute Gasteiger partial charge is 0.343 e. The van der Waals surface area contributed by atoms with E-state index < -0.39 is 10.9 Å². The molecule has 2 aromatic carbocycles. The van der Waals surface area contributed by atoms with Crippen molar-refractivity contribution in [3.05, 3.63) is 86.0 Å². The van der Waals surface area contributed by atoms with Crippen molar-refractivity contribution in [2.45, 2.75) is 20.8 Å². The summed E-state index contributed by atoms with van der Waals surface area (Å²) in [6.45, 7) is 5.77. The third-order valence-corrected chi connectivity index (χ3v) is 4.17. The van der Waals surface area contributed by atoms with Gasteiger partial charge >= 0.3 is 5.97 Å². The van der Waals surface area contributed by atoms with Crippen molar-refractivity contribution in [2.75, 3.05) is 0 Å². The molecule has 0 N–H and O–H groups in total. The van der Waals surface area contributed by atoms with E-state index >= 15 is 0 Å². The Morgan fingerprint density at radius 2 is 1.76 bits per heavy atom. The van der Waals surface area contributed by atoms with Crippen LogP contribution >= 0.6 is 0 Å². The number of benzene rings is 2. The van der Waals surface area contributed by atoms with Crippen LogP contribution in [0.25, 0.3) is 11.8 Å². The van der Waals surface area contributed by atoms with Gasteiger partial charge < -0.3 is 4.74 Å². The summed E-state index contributed by atoms with van der Waals surface area (Å²) in [6.07, 6.45) is 3.31.